The summed E-state index contributed by atoms with van der Waals surface area (Å²) in [4.78, 5) is 10.3. The Labute approximate surface area is 181 Å². The van der Waals surface area contributed by atoms with E-state index < -0.39 is 0 Å². The quantitative estimate of drug-likeness (QED) is 0.514. The summed E-state index contributed by atoms with van der Waals surface area (Å²) >= 11 is 0. The van der Waals surface area contributed by atoms with Crippen LogP contribution in [-0.4, -0.2) is 97.6 Å². The molecule has 0 aliphatic carbocycles. The van der Waals surface area contributed by atoms with Gasteiger partial charge in [-0.2, -0.15) is 0 Å². The highest BCUT2D eigenvalue weighted by Gasteiger charge is 2.19. The van der Waals surface area contributed by atoms with Crippen molar-refractivity contribution in [2.24, 2.45) is 0 Å². The standard InChI is InChI=1S/C25H46N4/c1-8-13-27-15-17-28(22-24(6)7)16-14-26(10-3)18-20-29(21-19-27)25(9-2)12-11-23(4)5/h8-9,25H,1-2,4,6,10-22H2,3,5,7H3. The van der Waals surface area contributed by atoms with Gasteiger partial charge in [0.1, 0.15) is 0 Å². The first-order valence-corrected chi connectivity index (χ1v) is 11.3. The number of likely N-dealkylation sites (N-methyl/N-ethyl adjacent to an activating group) is 1. The molecule has 4 nitrogen and oxygen atoms in total. The van der Waals surface area contributed by atoms with E-state index in [4.69, 9.17) is 0 Å². The molecule has 0 aromatic carbocycles. The summed E-state index contributed by atoms with van der Waals surface area (Å²) in [5, 5.41) is 0. The second kappa shape index (κ2) is 14.7. The van der Waals surface area contributed by atoms with Crippen molar-refractivity contribution in [1.29, 1.82) is 0 Å². The van der Waals surface area contributed by atoms with E-state index >= 15 is 0 Å². The molecule has 1 unspecified atom stereocenters. The molecule has 1 rings (SSSR count). The first kappa shape index (κ1) is 25.8. The minimum Gasteiger partial charge on any atom is -0.301 e. The van der Waals surface area contributed by atoms with Crippen molar-refractivity contribution in [2.75, 3.05) is 72.0 Å². The Kier molecular flexibility index (Phi) is 13.1. The molecule has 4 heteroatoms. The molecule has 0 N–H and O–H groups in total. The minimum absolute atomic E-state index is 0.416. The first-order valence-electron chi connectivity index (χ1n) is 11.3. The predicted molar refractivity (Wildman–Crippen MR) is 130 cm³/mol. The van der Waals surface area contributed by atoms with Gasteiger partial charge in [-0.25, -0.2) is 0 Å². The van der Waals surface area contributed by atoms with E-state index in [1.165, 1.54) is 11.1 Å². The monoisotopic (exact) mass is 402 g/mol. The summed E-state index contributed by atoms with van der Waals surface area (Å²) in [5.41, 5.74) is 2.50. The molecule has 0 radical (unpaired) electrons. The smallest absolute Gasteiger partial charge is 0.0279 e. The third kappa shape index (κ3) is 10.9. The molecule has 1 atom stereocenters. The molecular weight excluding hydrogens is 356 g/mol. The van der Waals surface area contributed by atoms with E-state index in [0.29, 0.717) is 6.04 Å². The second-order valence-electron chi connectivity index (χ2n) is 8.59. The molecule has 0 bridgehead atoms. The van der Waals surface area contributed by atoms with Crippen LogP contribution in [-0.2, 0) is 0 Å². The number of allylic oxidation sites excluding steroid dienone is 1. The Bertz CT molecular complexity index is 513. The van der Waals surface area contributed by atoms with Crippen molar-refractivity contribution in [3.05, 3.63) is 49.6 Å². The van der Waals surface area contributed by atoms with Gasteiger partial charge >= 0.3 is 0 Å². The van der Waals surface area contributed by atoms with Crippen molar-refractivity contribution < 1.29 is 0 Å². The molecule has 0 saturated carbocycles. The van der Waals surface area contributed by atoms with Gasteiger partial charge in [0.2, 0.25) is 0 Å². The maximum absolute atomic E-state index is 4.15. The molecule has 0 amide bonds. The van der Waals surface area contributed by atoms with Gasteiger partial charge in [-0.1, -0.05) is 36.8 Å². The Morgan fingerprint density at radius 1 is 0.828 bits per heavy atom. The summed E-state index contributed by atoms with van der Waals surface area (Å²) in [6.07, 6.45) is 6.34. The number of hydrogen-bond acceptors (Lipinski definition) is 4. The van der Waals surface area contributed by atoms with Crippen LogP contribution in [0.4, 0.5) is 0 Å². The Morgan fingerprint density at radius 2 is 1.38 bits per heavy atom. The zero-order valence-corrected chi connectivity index (χ0v) is 19.5. The fourth-order valence-electron chi connectivity index (χ4n) is 3.95. The highest BCUT2D eigenvalue weighted by atomic mass is 15.3. The summed E-state index contributed by atoms with van der Waals surface area (Å²) < 4.78 is 0. The molecular formula is C25H46N4. The Morgan fingerprint density at radius 3 is 1.90 bits per heavy atom. The predicted octanol–water partition coefficient (Wildman–Crippen LogP) is 3.90. The summed E-state index contributed by atoms with van der Waals surface area (Å²) in [6.45, 7) is 34.6. The molecule has 1 aliphatic rings. The van der Waals surface area contributed by atoms with Crippen LogP contribution in [0, 0.1) is 0 Å². The van der Waals surface area contributed by atoms with Crippen LogP contribution in [0.5, 0.6) is 0 Å². The number of hydrogen-bond donors (Lipinski definition) is 0. The SMILES string of the molecule is C=CCN1CCN(CC(=C)C)CCN(CC)CCN(C(C=C)CCC(=C)C)CC1. The maximum Gasteiger partial charge on any atom is 0.0279 e. The van der Waals surface area contributed by atoms with Crippen LogP contribution in [0.15, 0.2) is 49.6 Å². The molecule has 0 spiro atoms. The maximum atomic E-state index is 4.15. The van der Waals surface area contributed by atoms with Crippen LogP contribution in [0.3, 0.4) is 0 Å². The zero-order valence-electron chi connectivity index (χ0n) is 19.5. The lowest BCUT2D eigenvalue weighted by Crippen LogP contribution is -2.48. The minimum atomic E-state index is 0.416. The number of rotatable bonds is 10. The third-order valence-electron chi connectivity index (χ3n) is 5.81. The van der Waals surface area contributed by atoms with Crippen LogP contribution in [0.2, 0.25) is 0 Å². The third-order valence-corrected chi connectivity index (χ3v) is 5.81. The van der Waals surface area contributed by atoms with Gasteiger partial charge in [-0.05, 0) is 33.2 Å². The van der Waals surface area contributed by atoms with E-state index in [-0.39, 0.29) is 0 Å². The fraction of sp³-hybridized carbons (Fsp3) is 0.680. The molecule has 0 aromatic rings. The molecule has 1 heterocycles. The van der Waals surface area contributed by atoms with Gasteiger partial charge < -0.3 is 4.90 Å². The molecule has 1 fully saturated rings. The average Bonchev–Trinajstić information content (AvgIpc) is 2.67. The molecule has 166 valence electrons. The van der Waals surface area contributed by atoms with Gasteiger partial charge in [0.15, 0.2) is 0 Å². The molecule has 1 aliphatic heterocycles. The van der Waals surface area contributed by atoms with E-state index in [0.717, 1.165) is 84.8 Å². The lowest BCUT2D eigenvalue weighted by Gasteiger charge is -2.36. The topological polar surface area (TPSA) is 13.0 Å². The fourth-order valence-corrected chi connectivity index (χ4v) is 3.95. The molecule has 29 heavy (non-hydrogen) atoms. The summed E-state index contributed by atoms with van der Waals surface area (Å²) in [7, 11) is 0. The Hall–Kier alpha value is -1.20. The lowest BCUT2D eigenvalue weighted by molar-refractivity contribution is 0.128. The Balaban J connectivity index is 2.89. The second-order valence-corrected chi connectivity index (χ2v) is 8.59. The van der Waals surface area contributed by atoms with E-state index in [2.05, 4.69) is 72.8 Å². The van der Waals surface area contributed by atoms with Crippen molar-refractivity contribution >= 4 is 0 Å². The summed E-state index contributed by atoms with van der Waals surface area (Å²) in [5.74, 6) is 0. The van der Waals surface area contributed by atoms with Crippen LogP contribution >= 0.6 is 0 Å². The van der Waals surface area contributed by atoms with Crippen molar-refractivity contribution in [2.45, 2.75) is 39.7 Å². The van der Waals surface area contributed by atoms with E-state index in [1.54, 1.807) is 0 Å². The molecule has 1 saturated heterocycles. The van der Waals surface area contributed by atoms with Crippen LogP contribution in [0.1, 0.15) is 33.6 Å². The zero-order chi connectivity index (χ0) is 21.6. The number of nitrogens with zero attached hydrogens (tertiary/aromatic N) is 4. The summed E-state index contributed by atoms with van der Waals surface area (Å²) in [6, 6.07) is 0.416. The van der Waals surface area contributed by atoms with Crippen LogP contribution < -0.4 is 0 Å². The highest BCUT2D eigenvalue weighted by Crippen LogP contribution is 2.13. The normalized spacial score (nSPS) is 20.4. The first-order chi connectivity index (χ1) is 13.9. The van der Waals surface area contributed by atoms with Gasteiger partial charge in [0, 0.05) is 71.5 Å². The molecule has 0 aromatic heterocycles. The van der Waals surface area contributed by atoms with Gasteiger partial charge in [0.25, 0.3) is 0 Å². The van der Waals surface area contributed by atoms with Gasteiger partial charge in [0.05, 0.1) is 0 Å². The van der Waals surface area contributed by atoms with Crippen molar-refractivity contribution in [3.8, 4) is 0 Å². The van der Waals surface area contributed by atoms with Crippen molar-refractivity contribution in [3.63, 3.8) is 0 Å². The van der Waals surface area contributed by atoms with Crippen LogP contribution in [0.25, 0.3) is 0 Å². The highest BCUT2D eigenvalue weighted by molar-refractivity contribution is 4.96. The van der Waals surface area contributed by atoms with Gasteiger partial charge in [-0.3, -0.25) is 14.7 Å². The largest absolute Gasteiger partial charge is 0.301 e. The lowest BCUT2D eigenvalue weighted by atomic mass is 10.1. The van der Waals surface area contributed by atoms with E-state index in [1.807, 2.05) is 6.08 Å². The van der Waals surface area contributed by atoms with E-state index in [9.17, 15) is 0 Å². The average molecular weight is 403 g/mol. The van der Waals surface area contributed by atoms with Gasteiger partial charge in [-0.15, -0.1) is 19.7 Å². The van der Waals surface area contributed by atoms with Crippen molar-refractivity contribution in [1.82, 2.24) is 19.6 Å².